The van der Waals surface area contributed by atoms with Crippen molar-refractivity contribution in [2.45, 2.75) is 26.5 Å². The number of fused-ring (bicyclic) bond motifs is 1. The summed E-state index contributed by atoms with van der Waals surface area (Å²) >= 11 is 0. The van der Waals surface area contributed by atoms with Crippen LogP contribution < -0.4 is 19.5 Å². The van der Waals surface area contributed by atoms with Gasteiger partial charge in [-0.2, -0.15) is 0 Å². The van der Waals surface area contributed by atoms with Gasteiger partial charge in [-0.15, -0.1) is 0 Å². The van der Waals surface area contributed by atoms with Gasteiger partial charge in [0, 0.05) is 12.6 Å². The molecule has 1 N–H and O–H groups in total. The largest absolute Gasteiger partial charge is 0.475 e. The maximum absolute atomic E-state index is 5.54. The Morgan fingerprint density at radius 2 is 2.05 bits per heavy atom. The number of nitrogens with one attached hydrogen (secondary N) is 1. The van der Waals surface area contributed by atoms with Gasteiger partial charge in [0.05, 0.1) is 6.10 Å². The smallest absolute Gasteiger partial charge is 0.231 e. The summed E-state index contributed by atoms with van der Waals surface area (Å²) in [6, 6.07) is 7.65. The van der Waals surface area contributed by atoms with Crippen LogP contribution in [0.1, 0.15) is 19.4 Å². The van der Waals surface area contributed by atoms with Crippen LogP contribution >= 0.6 is 0 Å². The SMILES string of the molecule is CC(C)Oc1cc(NCc2ccc3c(c2)OCO3)ncn1. The summed E-state index contributed by atoms with van der Waals surface area (Å²) in [6.45, 7) is 4.84. The molecule has 0 aliphatic carbocycles. The number of aromatic nitrogens is 2. The Kier molecular flexibility index (Phi) is 3.77. The van der Waals surface area contributed by atoms with Crippen molar-refractivity contribution < 1.29 is 14.2 Å². The maximum atomic E-state index is 5.54. The molecule has 21 heavy (non-hydrogen) atoms. The molecule has 6 heteroatoms. The third-order valence-electron chi connectivity index (χ3n) is 2.91. The van der Waals surface area contributed by atoms with Gasteiger partial charge in [0.15, 0.2) is 11.5 Å². The Bertz CT molecular complexity index is 631. The van der Waals surface area contributed by atoms with Crippen molar-refractivity contribution in [3.8, 4) is 17.4 Å². The molecule has 0 saturated carbocycles. The van der Waals surface area contributed by atoms with Crippen LogP contribution in [0.5, 0.6) is 17.4 Å². The minimum Gasteiger partial charge on any atom is -0.475 e. The van der Waals surface area contributed by atoms with E-state index in [0.29, 0.717) is 12.4 Å². The lowest BCUT2D eigenvalue weighted by atomic mass is 10.2. The number of ether oxygens (including phenoxy) is 3. The minimum absolute atomic E-state index is 0.0848. The van der Waals surface area contributed by atoms with Gasteiger partial charge < -0.3 is 19.5 Å². The van der Waals surface area contributed by atoms with E-state index in [9.17, 15) is 0 Å². The van der Waals surface area contributed by atoms with Crippen LogP contribution in [0.4, 0.5) is 5.82 Å². The zero-order valence-electron chi connectivity index (χ0n) is 12.0. The highest BCUT2D eigenvalue weighted by Gasteiger charge is 2.13. The highest BCUT2D eigenvalue weighted by Crippen LogP contribution is 2.32. The Balaban J connectivity index is 1.64. The molecular weight excluding hydrogens is 270 g/mol. The molecule has 110 valence electrons. The van der Waals surface area contributed by atoms with Crippen molar-refractivity contribution in [1.82, 2.24) is 9.97 Å². The van der Waals surface area contributed by atoms with Gasteiger partial charge >= 0.3 is 0 Å². The van der Waals surface area contributed by atoms with Crippen LogP contribution in [-0.4, -0.2) is 22.9 Å². The predicted molar refractivity (Wildman–Crippen MR) is 77.7 cm³/mol. The lowest BCUT2D eigenvalue weighted by molar-refractivity contribution is 0.174. The number of hydrogen-bond acceptors (Lipinski definition) is 6. The second kappa shape index (κ2) is 5.87. The molecule has 6 nitrogen and oxygen atoms in total. The van der Waals surface area contributed by atoms with Gasteiger partial charge in [-0.25, -0.2) is 9.97 Å². The van der Waals surface area contributed by atoms with Crippen LogP contribution in [0.25, 0.3) is 0 Å². The molecule has 0 unspecified atom stereocenters. The number of hydrogen-bond donors (Lipinski definition) is 1. The molecular formula is C15H17N3O3. The van der Waals surface area contributed by atoms with Crippen LogP contribution in [0.2, 0.25) is 0 Å². The topological polar surface area (TPSA) is 65.5 Å². The molecule has 0 fully saturated rings. The summed E-state index contributed by atoms with van der Waals surface area (Å²) in [6.07, 6.45) is 1.57. The van der Waals surface area contributed by atoms with E-state index in [1.807, 2.05) is 32.0 Å². The molecule has 1 aliphatic heterocycles. The Morgan fingerprint density at radius 1 is 1.19 bits per heavy atom. The van der Waals surface area contributed by atoms with Gasteiger partial charge in [-0.3, -0.25) is 0 Å². The molecule has 0 atom stereocenters. The fraction of sp³-hybridized carbons (Fsp3) is 0.333. The fourth-order valence-corrected chi connectivity index (χ4v) is 1.99. The Hall–Kier alpha value is -2.50. The first-order valence-corrected chi connectivity index (χ1v) is 6.82. The molecule has 2 heterocycles. The quantitative estimate of drug-likeness (QED) is 0.912. The summed E-state index contributed by atoms with van der Waals surface area (Å²) in [5.41, 5.74) is 1.09. The molecule has 1 aliphatic rings. The average Bonchev–Trinajstić information content (AvgIpc) is 2.92. The number of nitrogens with zero attached hydrogens (tertiary/aromatic N) is 2. The van der Waals surface area contributed by atoms with Gasteiger partial charge in [0.1, 0.15) is 12.1 Å². The van der Waals surface area contributed by atoms with E-state index in [0.717, 1.165) is 22.9 Å². The van der Waals surface area contributed by atoms with Crippen molar-refractivity contribution in [3.05, 3.63) is 36.2 Å². The summed E-state index contributed by atoms with van der Waals surface area (Å²) in [4.78, 5) is 8.25. The molecule has 1 aromatic carbocycles. The summed E-state index contributed by atoms with van der Waals surface area (Å²) in [5, 5.41) is 3.24. The Morgan fingerprint density at radius 3 is 2.90 bits per heavy atom. The fourth-order valence-electron chi connectivity index (χ4n) is 1.99. The van der Waals surface area contributed by atoms with E-state index in [-0.39, 0.29) is 12.9 Å². The molecule has 0 bridgehead atoms. The summed E-state index contributed by atoms with van der Waals surface area (Å²) < 4.78 is 16.2. The zero-order valence-corrected chi connectivity index (χ0v) is 12.0. The van der Waals surface area contributed by atoms with Crippen LogP contribution in [0.15, 0.2) is 30.6 Å². The third kappa shape index (κ3) is 3.34. The third-order valence-corrected chi connectivity index (χ3v) is 2.91. The lowest BCUT2D eigenvalue weighted by Gasteiger charge is -2.10. The minimum atomic E-state index is 0.0848. The highest BCUT2D eigenvalue weighted by molar-refractivity contribution is 5.46. The average molecular weight is 287 g/mol. The van der Waals surface area contributed by atoms with E-state index in [2.05, 4.69) is 15.3 Å². The van der Waals surface area contributed by atoms with E-state index in [4.69, 9.17) is 14.2 Å². The number of anilines is 1. The number of rotatable bonds is 5. The van der Waals surface area contributed by atoms with Crippen LogP contribution in [0.3, 0.4) is 0 Å². The van der Waals surface area contributed by atoms with Crippen molar-refractivity contribution >= 4 is 5.82 Å². The van der Waals surface area contributed by atoms with E-state index < -0.39 is 0 Å². The standard InChI is InChI=1S/C15H17N3O3/c1-10(2)21-15-6-14(17-8-18-15)16-7-11-3-4-12-13(5-11)20-9-19-12/h3-6,8,10H,7,9H2,1-2H3,(H,16,17,18). The zero-order chi connectivity index (χ0) is 14.7. The lowest BCUT2D eigenvalue weighted by Crippen LogP contribution is -2.08. The van der Waals surface area contributed by atoms with Crippen molar-refractivity contribution in [3.63, 3.8) is 0 Å². The molecule has 3 rings (SSSR count). The molecule has 0 amide bonds. The van der Waals surface area contributed by atoms with Gasteiger partial charge in [-0.1, -0.05) is 6.07 Å². The second-order valence-electron chi connectivity index (χ2n) is 4.95. The molecule has 0 saturated heterocycles. The second-order valence-corrected chi connectivity index (χ2v) is 4.95. The van der Waals surface area contributed by atoms with Crippen molar-refractivity contribution in [2.75, 3.05) is 12.1 Å². The molecule has 1 aromatic heterocycles. The first-order chi connectivity index (χ1) is 10.2. The first-order valence-electron chi connectivity index (χ1n) is 6.82. The van der Waals surface area contributed by atoms with Crippen LogP contribution in [0, 0.1) is 0 Å². The van der Waals surface area contributed by atoms with Crippen molar-refractivity contribution in [2.24, 2.45) is 0 Å². The first kappa shape index (κ1) is 13.5. The maximum Gasteiger partial charge on any atom is 0.231 e. The molecule has 2 aromatic rings. The monoisotopic (exact) mass is 287 g/mol. The Labute approximate surface area is 123 Å². The van der Waals surface area contributed by atoms with Crippen LogP contribution in [-0.2, 0) is 6.54 Å². The molecule has 0 spiro atoms. The van der Waals surface area contributed by atoms with Gasteiger partial charge in [0.25, 0.3) is 0 Å². The normalized spacial score (nSPS) is 12.5. The summed E-state index contributed by atoms with van der Waals surface area (Å²) in [7, 11) is 0. The number of benzene rings is 1. The molecule has 0 radical (unpaired) electrons. The predicted octanol–water partition coefficient (Wildman–Crippen LogP) is 2.60. The summed E-state index contributed by atoms with van der Waals surface area (Å²) in [5.74, 6) is 2.85. The highest BCUT2D eigenvalue weighted by atomic mass is 16.7. The van der Waals surface area contributed by atoms with Gasteiger partial charge in [-0.05, 0) is 31.5 Å². The van der Waals surface area contributed by atoms with E-state index >= 15 is 0 Å². The van der Waals surface area contributed by atoms with E-state index in [1.165, 1.54) is 6.33 Å². The van der Waals surface area contributed by atoms with Crippen molar-refractivity contribution in [1.29, 1.82) is 0 Å². The van der Waals surface area contributed by atoms with Gasteiger partial charge in [0.2, 0.25) is 12.7 Å². The van der Waals surface area contributed by atoms with E-state index in [1.54, 1.807) is 6.07 Å².